The maximum atomic E-state index is 12.1. The number of nitrogens with one attached hydrogen (secondary N) is 1. The lowest BCUT2D eigenvalue weighted by Gasteiger charge is -2.32. The third-order valence-corrected chi connectivity index (χ3v) is 3.87. The van der Waals surface area contributed by atoms with Crippen molar-refractivity contribution in [2.24, 2.45) is 0 Å². The van der Waals surface area contributed by atoms with Crippen LogP contribution in [0.15, 0.2) is 24.3 Å². The lowest BCUT2D eigenvalue weighted by atomic mass is 10.1. The van der Waals surface area contributed by atoms with Gasteiger partial charge in [-0.25, -0.2) is 0 Å². The highest BCUT2D eigenvalue weighted by Crippen LogP contribution is 2.25. The van der Waals surface area contributed by atoms with E-state index >= 15 is 0 Å². The Morgan fingerprint density at radius 1 is 1.24 bits per heavy atom. The van der Waals surface area contributed by atoms with E-state index < -0.39 is 0 Å². The van der Waals surface area contributed by atoms with Gasteiger partial charge in [0.2, 0.25) is 11.8 Å². The number of piperazine rings is 1. The van der Waals surface area contributed by atoms with Gasteiger partial charge in [0, 0.05) is 25.8 Å². The summed E-state index contributed by atoms with van der Waals surface area (Å²) in [5.41, 5.74) is 1.78. The SMILES string of the molecule is CN1CC(=O)N(c2cccc(C3CNCCO3)c2)CC1=O. The Morgan fingerprint density at radius 3 is 2.86 bits per heavy atom. The van der Waals surface area contributed by atoms with E-state index in [2.05, 4.69) is 5.32 Å². The topological polar surface area (TPSA) is 61.9 Å². The number of morpholine rings is 1. The van der Waals surface area contributed by atoms with Crippen LogP contribution >= 0.6 is 0 Å². The summed E-state index contributed by atoms with van der Waals surface area (Å²) < 4.78 is 5.73. The number of hydrogen-bond donors (Lipinski definition) is 1. The van der Waals surface area contributed by atoms with Crippen LogP contribution in [0, 0.1) is 0 Å². The first-order valence-corrected chi connectivity index (χ1v) is 7.12. The molecule has 2 fully saturated rings. The van der Waals surface area contributed by atoms with Gasteiger partial charge in [0.05, 0.1) is 19.3 Å². The molecule has 0 radical (unpaired) electrons. The van der Waals surface area contributed by atoms with Gasteiger partial charge in [0.1, 0.15) is 6.54 Å². The summed E-state index contributed by atoms with van der Waals surface area (Å²) in [7, 11) is 1.65. The number of likely N-dealkylation sites (N-methyl/N-ethyl adjacent to an activating group) is 1. The van der Waals surface area contributed by atoms with Crippen molar-refractivity contribution in [3.63, 3.8) is 0 Å². The molecule has 1 aromatic carbocycles. The first-order valence-electron chi connectivity index (χ1n) is 7.12. The molecule has 3 rings (SSSR count). The molecule has 0 bridgehead atoms. The van der Waals surface area contributed by atoms with Crippen LogP contribution in [-0.4, -0.2) is 56.5 Å². The van der Waals surface area contributed by atoms with Crippen molar-refractivity contribution in [2.45, 2.75) is 6.10 Å². The molecule has 21 heavy (non-hydrogen) atoms. The molecule has 2 amide bonds. The molecular weight excluding hydrogens is 270 g/mol. The molecule has 1 aromatic rings. The molecular formula is C15H19N3O3. The average molecular weight is 289 g/mol. The largest absolute Gasteiger partial charge is 0.371 e. The zero-order valence-corrected chi connectivity index (χ0v) is 12.0. The number of amides is 2. The smallest absolute Gasteiger partial charge is 0.247 e. The Labute approximate surface area is 123 Å². The van der Waals surface area contributed by atoms with Crippen LogP contribution in [0.2, 0.25) is 0 Å². The molecule has 0 spiro atoms. The molecule has 2 saturated heterocycles. The first kappa shape index (κ1) is 14.0. The van der Waals surface area contributed by atoms with Gasteiger partial charge >= 0.3 is 0 Å². The number of ether oxygens (including phenoxy) is 1. The van der Waals surface area contributed by atoms with Crippen LogP contribution in [0.1, 0.15) is 11.7 Å². The second-order valence-electron chi connectivity index (χ2n) is 5.39. The summed E-state index contributed by atoms with van der Waals surface area (Å²) >= 11 is 0. The van der Waals surface area contributed by atoms with E-state index in [9.17, 15) is 9.59 Å². The lowest BCUT2D eigenvalue weighted by Crippen LogP contribution is -2.52. The van der Waals surface area contributed by atoms with Gasteiger partial charge in [-0.05, 0) is 17.7 Å². The molecule has 1 unspecified atom stereocenters. The standard InChI is InChI=1S/C15H19N3O3/c1-17-9-15(20)18(10-14(17)19)12-4-2-3-11(7-12)13-8-16-5-6-21-13/h2-4,7,13,16H,5-6,8-10H2,1H3. The summed E-state index contributed by atoms with van der Waals surface area (Å²) in [6, 6.07) is 7.69. The Hall–Kier alpha value is -1.92. The second kappa shape index (κ2) is 5.83. The predicted octanol–water partition coefficient (Wildman–Crippen LogP) is 0.152. The van der Waals surface area contributed by atoms with Crippen molar-refractivity contribution in [1.29, 1.82) is 0 Å². The van der Waals surface area contributed by atoms with E-state index in [1.807, 2.05) is 24.3 Å². The highest BCUT2D eigenvalue weighted by molar-refractivity contribution is 6.04. The fourth-order valence-corrected chi connectivity index (χ4v) is 2.63. The van der Waals surface area contributed by atoms with Crippen molar-refractivity contribution in [1.82, 2.24) is 10.2 Å². The van der Waals surface area contributed by atoms with E-state index in [0.29, 0.717) is 6.61 Å². The summed E-state index contributed by atoms with van der Waals surface area (Å²) in [5.74, 6) is -0.104. The minimum Gasteiger partial charge on any atom is -0.371 e. The van der Waals surface area contributed by atoms with Crippen molar-refractivity contribution in [3.05, 3.63) is 29.8 Å². The molecule has 0 aromatic heterocycles. The molecule has 2 aliphatic rings. The van der Waals surface area contributed by atoms with Gasteiger partial charge in [-0.1, -0.05) is 12.1 Å². The normalized spacial score (nSPS) is 23.6. The van der Waals surface area contributed by atoms with Crippen molar-refractivity contribution >= 4 is 17.5 Å². The molecule has 2 heterocycles. The monoisotopic (exact) mass is 289 g/mol. The highest BCUT2D eigenvalue weighted by Gasteiger charge is 2.29. The number of rotatable bonds is 2. The lowest BCUT2D eigenvalue weighted by molar-refractivity contribution is -0.136. The molecule has 6 heteroatoms. The van der Waals surface area contributed by atoms with Crippen molar-refractivity contribution in [3.8, 4) is 0 Å². The van der Waals surface area contributed by atoms with Crippen molar-refractivity contribution in [2.75, 3.05) is 44.7 Å². The van der Waals surface area contributed by atoms with E-state index in [0.717, 1.165) is 24.3 Å². The quantitative estimate of drug-likeness (QED) is 0.842. The summed E-state index contributed by atoms with van der Waals surface area (Å²) in [5, 5.41) is 3.29. The van der Waals surface area contributed by atoms with Crippen LogP contribution < -0.4 is 10.2 Å². The van der Waals surface area contributed by atoms with E-state index in [1.165, 1.54) is 4.90 Å². The zero-order valence-electron chi connectivity index (χ0n) is 12.0. The fourth-order valence-electron chi connectivity index (χ4n) is 2.63. The second-order valence-corrected chi connectivity index (χ2v) is 5.39. The Bertz CT molecular complexity index is 555. The van der Waals surface area contributed by atoms with Gasteiger partial charge in [-0.15, -0.1) is 0 Å². The van der Waals surface area contributed by atoms with Crippen LogP contribution in [0.25, 0.3) is 0 Å². The van der Waals surface area contributed by atoms with E-state index in [-0.39, 0.29) is 31.0 Å². The van der Waals surface area contributed by atoms with Gasteiger partial charge < -0.3 is 19.9 Å². The van der Waals surface area contributed by atoms with Crippen LogP contribution in [0.3, 0.4) is 0 Å². The summed E-state index contributed by atoms with van der Waals surface area (Å²) in [6.45, 7) is 2.54. The Balaban J connectivity index is 1.82. The van der Waals surface area contributed by atoms with Gasteiger partial charge in [-0.2, -0.15) is 0 Å². The predicted molar refractivity (Wildman–Crippen MR) is 78.0 cm³/mol. The molecule has 0 saturated carbocycles. The highest BCUT2D eigenvalue weighted by atomic mass is 16.5. The number of carbonyl (C=O) groups is 2. The minimum atomic E-state index is -0.0584. The van der Waals surface area contributed by atoms with Crippen LogP contribution in [0.4, 0.5) is 5.69 Å². The number of nitrogens with zero attached hydrogens (tertiary/aromatic N) is 2. The minimum absolute atomic E-state index is 0.00281. The molecule has 0 aliphatic carbocycles. The summed E-state index contributed by atoms with van der Waals surface area (Å²) in [6.07, 6.45) is -0.00281. The Morgan fingerprint density at radius 2 is 2.10 bits per heavy atom. The van der Waals surface area contributed by atoms with Gasteiger partial charge in [0.25, 0.3) is 0 Å². The number of carbonyl (C=O) groups excluding carboxylic acids is 2. The number of hydrogen-bond acceptors (Lipinski definition) is 4. The third kappa shape index (κ3) is 2.91. The molecule has 6 nitrogen and oxygen atoms in total. The van der Waals surface area contributed by atoms with E-state index in [4.69, 9.17) is 4.74 Å². The molecule has 1 atom stereocenters. The van der Waals surface area contributed by atoms with Gasteiger partial charge in [0.15, 0.2) is 0 Å². The van der Waals surface area contributed by atoms with Gasteiger partial charge in [-0.3, -0.25) is 9.59 Å². The van der Waals surface area contributed by atoms with Crippen LogP contribution in [-0.2, 0) is 14.3 Å². The van der Waals surface area contributed by atoms with Crippen molar-refractivity contribution < 1.29 is 14.3 Å². The summed E-state index contributed by atoms with van der Waals surface area (Å²) in [4.78, 5) is 26.9. The maximum absolute atomic E-state index is 12.1. The maximum Gasteiger partial charge on any atom is 0.247 e. The fraction of sp³-hybridized carbons (Fsp3) is 0.467. The number of anilines is 1. The average Bonchev–Trinajstić information content (AvgIpc) is 2.52. The molecule has 1 N–H and O–H groups in total. The third-order valence-electron chi connectivity index (χ3n) is 3.87. The zero-order chi connectivity index (χ0) is 14.8. The Kier molecular flexibility index (Phi) is 3.90. The first-order chi connectivity index (χ1) is 10.1. The molecule has 112 valence electrons. The van der Waals surface area contributed by atoms with E-state index in [1.54, 1.807) is 11.9 Å². The number of benzene rings is 1. The molecule has 2 aliphatic heterocycles. The van der Waals surface area contributed by atoms with Crippen LogP contribution in [0.5, 0.6) is 0 Å².